The number of phenolic OH excluding ortho intramolecular Hbond substituents is 1. The molecule has 0 aliphatic heterocycles. The number of nitrogens with one attached hydrogen (secondary N) is 1. The van der Waals surface area contributed by atoms with Gasteiger partial charge in [0.25, 0.3) is 0 Å². The molecule has 3 rings (SSSR count). The lowest BCUT2D eigenvalue weighted by Crippen LogP contribution is -2.06. The summed E-state index contributed by atoms with van der Waals surface area (Å²) in [6, 6.07) is 5.03. The summed E-state index contributed by atoms with van der Waals surface area (Å²) in [5, 5.41) is 11.3. The van der Waals surface area contributed by atoms with Gasteiger partial charge in [0.05, 0.1) is 12.1 Å². The molecule has 2 heterocycles. The minimum Gasteiger partial charge on any atom is -0.506 e. The summed E-state index contributed by atoms with van der Waals surface area (Å²) < 4.78 is 4.99. The number of aromatic nitrogens is 2. The van der Waals surface area contributed by atoms with E-state index in [4.69, 9.17) is 10.5 Å². The lowest BCUT2D eigenvalue weighted by molar-refractivity contribution is 0.0530. The molecular formula is C14H13N3O3. The lowest BCUT2D eigenvalue weighted by atomic mass is 10.1. The molecule has 0 aliphatic carbocycles. The zero-order chi connectivity index (χ0) is 14.3. The molecule has 6 heteroatoms. The van der Waals surface area contributed by atoms with Crippen LogP contribution in [0.5, 0.6) is 5.75 Å². The average Bonchev–Trinajstić information content (AvgIpc) is 2.76. The molecule has 0 radical (unpaired) electrons. The number of hydrogen-bond acceptors (Lipinski definition) is 5. The van der Waals surface area contributed by atoms with Gasteiger partial charge >= 0.3 is 5.97 Å². The van der Waals surface area contributed by atoms with Crippen molar-refractivity contribution in [2.24, 2.45) is 0 Å². The van der Waals surface area contributed by atoms with Crippen molar-refractivity contribution in [3.8, 4) is 5.75 Å². The summed E-state index contributed by atoms with van der Waals surface area (Å²) >= 11 is 0. The van der Waals surface area contributed by atoms with Crippen molar-refractivity contribution < 1.29 is 14.6 Å². The highest BCUT2D eigenvalue weighted by Gasteiger charge is 2.20. The Hall–Kier alpha value is -2.76. The van der Waals surface area contributed by atoms with Gasteiger partial charge in [-0.1, -0.05) is 0 Å². The van der Waals surface area contributed by atoms with E-state index in [1.54, 1.807) is 25.3 Å². The molecule has 20 heavy (non-hydrogen) atoms. The summed E-state index contributed by atoms with van der Waals surface area (Å²) in [6.07, 6.45) is 1.59. The van der Waals surface area contributed by atoms with Crippen LogP contribution in [0.25, 0.3) is 21.8 Å². The van der Waals surface area contributed by atoms with E-state index in [1.165, 1.54) is 6.07 Å². The van der Waals surface area contributed by atoms with Gasteiger partial charge in [0.15, 0.2) is 0 Å². The molecule has 0 bridgehead atoms. The predicted molar refractivity (Wildman–Crippen MR) is 75.6 cm³/mol. The smallest absolute Gasteiger partial charge is 0.342 e. The molecule has 102 valence electrons. The lowest BCUT2D eigenvalue weighted by Gasteiger charge is -2.03. The normalized spacial score (nSPS) is 11.1. The van der Waals surface area contributed by atoms with Crippen LogP contribution in [0.3, 0.4) is 0 Å². The van der Waals surface area contributed by atoms with Crippen molar-refractivity contribution in [2.75, 3.05) is 12.3 Å². The van der Waals surface area contributed by atoms with Gasteiger partial charge < -0.3 is 20.6 Å². The molecule has 3 aromatic rings. The zero-order valence-corrected chi connectivity index (χ0v) is 10.8. The zero-order valence-electron chi connectivity index (χ0n) is 10.8. The van der Waals surface area contributed by atoms with E-state index in [0.717, 1.165) is 0 Å². The van der Waals surface area contributed by atoms with Gasteiger partial charge in [-0.05, 0) is 25.1 Å². The highest BCUT2D eigenvalue weighted by molar-refractivity contribution is 6.17. The standard InChI is InChI=1S/C14H13N3O3/c1-2-20-14(19)10-8-6-9(18)12-7(4-3-5-16-12)11(8)17-13(10)15/h3-6,17-18H,2,15H2,1H3. The number of anilines is 1. The molecule has 0 unspecified atom stereocenters. The summed E-state index contributed by atoms with van der Waals surface area (Å²) in [4.78, 5) is 19.1. The van der Waals surface area contributed by atoms with Crippen LogP contribution in [-0.4, -0.2) is 27.7 Å². The number of pyridine rings is 1. The molecule has 0 atom stereocenters. The number of H-pyrrole nitrogens is 1. The maximum absolute atomic E-state index is 12.0. The third kappa shape index (κ3) is 1.65. The number of aromatic amines is 1. The summed E-state index contributed by atoms with van der Waals surface area (Å²) in [5.41, 5.74) is 7.22. The van der Waals surface area contributed by atoms with Gasteiger partial charge in [-0.25, -0.2) is 4.79 Å². The second-order valence-corrected chi connectivity index (χ2v) is 4.35. The number of aromatic hydroxyl groups is 1. The molecular weight excluding hydrogens is 258 g/mol. The van der Waals surface area contributed by atoms with Crippen LogP contribution < -0.4 is 5.73 Å². The Morgan fingerprint density at radius 1 is 1.50 bits per heavy atom. The number of nitrogens with zero attached hydrogens (tertiary/aromatic N) is 1. The number of nitrogen functional groups attached to an aromatic ring is 1. The van der Waals surface area contributed by atoms with Gasteiger partial charge in [0.1, 0.15) is 22.6 Å². The number of carbonyl (C=O) groups excluding carboxylic acids is 1. The van der Waals surface area contributed by atoms with Crippen molar-refractivity contribution in [3.63, 3.8) is 0 Å². The maximum Gasteiger partial charge on any atom is 0.342 e. The van der Waals surface area contributed by atoms with Crippen molar-refractivity contribution in [2.45, 2.75) is 6.92 Å². The number of nitrogens with two attached hydrogens (primary N) is 1. The van der Waals surface area contributed by atoms with E-state index in [-0.39, 0.29) is 23.7 Å². The molecule has 0 fully saturated rings. The number of fused-ring (bicyclic) bond motifs is 3. The minimum absolute atomic E-state index is 0.00218. The molecule has 4 N–H and O–H groups in total. The fourth-order valence-corrected chi connectivity index (χ4v) is 2.33. The fourth-order valence-electron chi connectivity index (χ4n) is 2.33. The Labute approximate surface area is 114 Å². The van der Waals surface area contributed by atoms with Crippen molar-refractivity contribution in [1.82, 2.24) is 9.97 Å². The molecule has 2 aromatic heterocycles. The van der Waals surface area contributed by atoms with E-state index in [2.05, 4.69) is 9.97 Å². The SMILES string of the molecule is CCOC(=O)c1c(N)[nH]c2c1cc(O)c1ncccc12. The first-order chi connectivity index (χ1) is 9.63. The summed E-state index contributed by atoms with van der Waals surface area (Å²) in [7, 11) is 0. The quantitative estimate of drug-likeness (QED) is 0.620. The van der Waals surface area contributed by atoms with Crippen molar-refractivity contribution >= 4 is 33.6 Å². The summed E-state index contributed by atoms with van der Waals surface area (Å²) in [6.45, 7) is 1.98. The first-order valence-electron chi connectivity index (χ1n) is 6.18. The van der Waals surface area contributed by atoms with Crippen LogP contribution in [0.1, 0.15) is 17.3 Å². The van der Waals surface area contributed by atoms with Crippen LogP contribution in [0.2, 0.25) is 0 Å². The van der Waals surface area contributed by atoms with E-state index in [9.17, 15) is 9.90 Å². The largest absolute Gasteiger partial charge is 0.506 e. The van der Waals surface area contributed by atoms with Gasteiger partial charge in [-0.15, -0.1) is 0 Å². The monoisotopic (exact) mass is 271 g/mol. The Morgan fingerprint density at radius 3 is 3.05 bits per heavy atom. The Morgan fingerprint density at radius 2 is 2.30 bits per heavy atom. The van der Waals surface area contributed by atoms with Gasteiger partial charge in [0, 0.05) is 17.0 Å². The predicted octanol–water partition coefficient (Wildman–Crippen LogP) is 2.18. The first kappa shape index (κ1) is 12.3. The molecule has 0 spiro atoms. The molecule has 0 saturated carbocycles. The number of esters is 1. The van der Waals surface area contributed by atoms with Gasteiger partial charge in [-0.3, -0.25) is 4.98 Å². The van der Waals surface area contributed by atoms with E-state index in [0.29, 0.717) is 21.8 Å². The first-order valence-corrected chi connectivity index (χ1v) is 6.18. The van der Waals surface area contributed by atoms with Crippen molar-refractivity contribution in [3.05, 3.63) is 30.0 Å². The van der Waals surface area contributed by atoms with Gasteiger partial charge in [0.2, 0.25) is 0 Å². The molecule has 0 amide bonds. The number of benzene rings is 1. The molecule has 0 saturated heterocycles. The second kappa shape index (κ2) is 4.41. The Kier molecular flexibility index (Phi) is 2.71. The van der Waals surface area contributed by atoms with Gasteiger partial charge in [-0.2, -0.15) is 0 Å². The number of phenols is 1. The molecule has 1 aromatic carbocycles. The highest BCUT2D eigenvalue weighted by Crippen LogP contribution is 2.35. The second-order valence-electron chi connectivity index (χ2n) is 4.35. The van der Waals surface area contributed by atoms with Crippen LogP contribution in [0.15, 0.2) is 24.4 Å². The number of rotatable bonds is 2. The minimum atomic E-state index is -0.515. The summed E-state index contributed by atoms with van der Waals surface area (Å²) in [5.74, 6) is -0.300. The van der Waals surface area contributed by atoms with Crippen LogP contribution in [0, 0.1) is 0 Å². The third-order valence-corrected chi connectivity index (χ3v) is 3.15. The number of carbonyl (C=O) groups is 1. The van der Waals surface area contributed by atoms with Crippen LogP contribution in [0.4, 0.5) is 5.82 Å². The van der Waals surface area contributed by atoms with E-state index in [1.807, 2.05) is 0 Å². The van der Waals surface area contributed by atoms with Crippen LogP contribution in [-0.2, 0) is 4.74 Å². The molecule has 0 aliphatic rings. The van der Waals surface area contributed by atoms with E-state index >= 15 is 0 Å². The Bertz CT molecular complexity index is 823. The Balaban J connectivity index is 2.39. The third-order valence-electron chi connectivity index (χ3n) is 3.15. The average molecular weight is 271 g/mol. The fraction of sp³-hybridized carbons (Fsp3) is 0.143. The van der Waals surface area contributed by atoms with E-state index < -0.39 is 5.97 Å². The molecule has 6 nitrogen and oxygen atoms in total. The van der Waals surface area contributed by atoms with Crippen LogP contribution >= 0.6 is 0 Å². The highest BCUT2D eigenvalue weighted by atomic mass is 16.5. The maximum atomic E-state index is 12.0. The topological polar surface area (TPSA) is 101 Å². The number of ether oxygens (including phenoxy) is 1. The number of hydrogen-bond donors (Lipinski definition) is 3. The van der Waals surface area contributed by atoms with Crippen molar-refractivity contribution in [1.29, 1.82) is 0 Å².